The van der Waals surface area contributed by atoms with Crippen molar-refractivity contribution in [1.82, 2.24) is 0 Å². The highest BCUT2D eigenvalue weighted by Gasteiger charge is 2.32. The molecule has 0 aromatic heterocycles. The van der Waals surface area contributed by atoms with E-state index in [1.54, 1.807) is 18.2 Å². The zero-order chi connectivity index (χ0) is 22.2. The Kier molecular flexibility index (Phi) is 11.0. The van der Waals surface area contributed by atoms with Gasteiger partial charge in [0.15, 0.2) is 0 Å². The number of aliphatic hydroxyl groups excluding tert-OH is 1. The van der Waals surface area contributed by atoms with Gasteiger partial charge in [-0.3, -0.25) is 0 Å². The van der Waals surface area contributed by atoms with Gasteiger partial charge in [-0.2, -0.15) is 0 Å². The van der Waals surface area contributed by atoms with Crippen molar-refractivity contribution in [2.24, 2.45) is 23.7 Å². The van der Waals surface area contributed by atoms with Crippen LogP contribution in [0, 0.1) is 23.7 Å². The van der Waals surface area contributed by atoms with Crippen LogP contribution in [-0.4, -0.2) is 28.4 Å². The fourth-order valence-corrected chi connectivity index (χ4v) is 6.14. The summed E-state index contributed by atoms with van der Waals surface area (Å²) in [6, 6.07) is 6.55. The molecule has 3 aliphatic rings. The van der Waals surface area contributed by atoms with Gasteiger partial charge in [-0.25, -0.2) is 4.79 Å². The van der Waals surface area contributed by atoms with Crippen molar-refractivity contribution in [2.45, 2.75) is 111 Å². The number of carbonyl (C=O) groups is 1. The molecule has 1 aromatic rings. The van der Waals surface area contributed by atoms with E-state index in [0.29, 0.717) is 5.92 Å². The molecule has 0 spiro atoms. The van der Waals surface area contributed by atoms with Crippen molar-refractivity contribution in [1.29, 1.82) is 0 Å². The van der Waals surface area contributed by atoms with E-state index in [0.717, 1.165) is 56.3 Å². The Morgan fingerprint density at radius 3 is 2.28 bits per heavy atom. The van der Waals surface area contributed by atoms with E-state index in [4.69, 9.17) is 4.74 Å². The monoisotopic (exact) mass is 446 g/mol. The van der Waals surface area contributed by atoms with Gasteiger partial charge in [-0.15, -0.1) is 0 Å². The number of benzene rings is 1. The summed E-state index contributed by atoms with van der Waals surface area (Å²) in [5, 5.41) is 19.1. The number of phenols is 1. The number of hydrogen-bond donors (Lipinski definition) is 2. The molecule has 182 valence electrons. The normalized spacial score (nSPS) is 31.8. The summed E-state index contributed by atoms with van der Waals surface area (Å²) < 4.78 is 5.58. The Bertz CT molecular complexity index is 688. The molecule has 3 aliphatic carbocycles. The Morgan fingerprint density at radius 1 is 0.906 bits per heavy atom. The molecule has 6 atom stereocenters. The fraction of sp³-hybridized carbons (Fsp3) is 0.750. The van der Waals surface area contributed by atoms with Crippen molar-refractivity contribution in [2.75, 3.05) is 0 Å². The minimum atomic E-state index is -0.405. The quantitative estimate of drug-likeness (QED) is 0.483. The molecule has 0 radical (unpaired) electrons. The number of esters is 1. The van der Waals surface area contributed by atoms with Crippen LogP contribution in [0.3, 0.4) is 0 Å². The number of carbonyl (C=O) groups excluding carboxylic acids is 1. The first-order chi connectivity index (χ1) is 15.0. The standard InChI is InChI=1S/C17H24O3.C10H18O.CH4/c1-3-12-9-10-14(11-13(12)4-2)20-17(19)15-7-5-6-8-16(15)18;11-10-6-5-8-3-1-2-4-9(8)7-10;/h5-8,12-14,18H,3-4,9-11H2,1-2H3;8-11H,1-7H2;1H4. The van der Waals surface area contributed by atoms with Crippen LogP contribution in [0.4, 0.5) is 0 Å². The Labute approximate surface area is 195 Å². The molecular formula is C28H46O4. The second-order valence-electron chi connectivity index (χ2n) is 9.97. The van der Waals surface area contributed by atoms with Gasteiger partial charge < -0.3 is 14.9 Å². The highest BCUT2D eigenvalue weighted by atomic mass is 16.5. The smallest absolute Gasteiger partial charge is 0.342 e. The maximum absolute atomic E-state index is 12.1. The largest absolute Gasteiger partial charge is 0.507 e. The summed E-state index contributed by atoms with van der Waals surface area (Å²) in [5.41, 5.74) is 0.262. The van der Waals surface area contributed by atoms with Crippen LogP contribution in [-0.2, 0) is 4.74 Å². The van der Waals surface area contributed by atoms with Crippen LogP contribution in [0.2, 0.25) is 0 Å². The average Bonchev–Trinajstić information content (AvgIpc) is 2.79. The minimum Gasteiger partial charge on any atom is -0.507 e. The second kappa shape index (κ2) is 13.2. The number of phenolic OH excluding ortho intramolecular Hbond substituents is 1. The molecule has 0 aliphatic heterocycles. The zero-order valence-electron chi connectivity index (χ0n) is 19.5. The lowest BCUT2D eigenvalue weighted by Gasteiger charge is -2.37. The molecule has 0 amide bonds. The maximum atomic E-state index is 12.1. The highest BCUT2D eigenvalue weighted by molar-refractivity contribution is 5.92. The van der Waals surface area contributed by atoms with E-state index in [2.05, 4.69) is 13.8 Å². The molecule has 32 heavy (non-hydrogen) atoms. The van der Waals surface area contributed by atoms with E-state index >= 15 is 0 Å². The van der Waals surface area contributed by atoms with Crippen LogP contribution in [0.1, 0.15) is 109 Å². The summed E-state index contributed by atoms with van der Waals surface area (Å²) in [6.07, 6.45) is 14.6. The first-order valence-corrected chi connectivity index (χ1v) is 12.7. The third-order valence-electron chi connectivity index (χ3n) is 8.05. The van der Waals surface area contributed by atoms with Crippen LogP contribution < -0.4 is 0 Å². The Balaban J connectivity index is 0.000000255. The van der Waals surface area contributed by atoms with Crippen molar-refractivity contribution in [3.05, 3.63) is 29.8 Å². The summed E-state index contributed by atoms with van der Waals surface area (Å²) in [7, 11) is 0. The van der Waals surface area contributed by atoms with E-state index in [1.165, 1.54) is 44.6 Å². The predicted octanol–water partition coefficient (Wildman–Crippen LogP) is 7.13. The Hall–Kier alpha value is -1.55. The van der Waals surface area contributed by atoms with Crippen molar-refractivity contribution < 1.29 is 19.7 Å². The van der Waals surface area contributed by atoms with Crippen LogP contribution in [0.25, 0.3) is 0 Å². The summed E-state index contributed by atoms with van der Waals surface area (Å²) >= 11 is 0. The molecule has 0 heterocycles. The van der Waals surface area contributed by atoms with Gasteiger partial charge in [-0.1, -0.05) is 71.9 Å². The zero-order valence-corrected chi connectivity index (χ0v) is 19.5. The lowest BCUT2D eigenvalue weighted by molar-refractivity contribution is 0.00410. The molecule has 6 unspecified atom stereocenters. The van der Waals surface area contributed by atoms with Gasteiger partial charge in [0, 0.05) is 0 Å². The van der Waals surface area contributed by atoms with E-state index < -0.39 is 5.97 Å². The van der Waals surface area contributed by atoms with Gasteiger partial charge in [0.05, 0.1) is 6.10 Å². The lowest BCUT2D eigenvalue weighted by Crippen LogP contribution is -2.30. The highest BCUT2D eigenvalue weighted by Crippen LogP contribution is 2.40. The molecule has 4 heteroatoms. The van der Waals surface area contributed by atoms with Crippen LogP contribution in [0.5, 0.6) is 5.75 Å². The molecule has 0 bridgehead atoms. The topological polar surface area (TPSA) is 66.8 Å². The number of ether oxygens (including phenoxy) is 1. The van der Waals surface area contributed by atoms with Crippen molar-refractivity contribution in [3.63, 3.8) is 0 Å². The fourth-order valence-electron chi connectivity index (χ4n) is 6.14. The molecule has 2 N–H and O–H groups in total. The molecule has 0 saturated heterocycles. The summed E-state index contributed by atoms with van der Waals surface area (Å²) in [5.74, 6) is 2.86. The molecular weight excluding hydrogens is 400 g/mol. The number of para-hydroxylation sites is 1. The third-order valence-corrected chi connectivity index (χ3v) is 8.05. The van der Waals surface area contributed by atoms with Gasteiger partial charge >= 0.3 is 5.97 Å². The maximum Gasteiger partial charge on any atom is 0.342 e. The van der Waals surface area contributed by atoms with Gasteiger partial charge in [0.1, 0.15) is 17.4 Å². The first-order valence-electron chi connectivity index (χ1n) is 12.7. The third kappa shape index (κ3) is 7.23. The van der Waals surface area contributed by atoms with Crippen LogP contribution in [0.15, 0.2) is 24.3 Å². The van der Waals surface area contributed by atoms with Crippen molar-refractivity contribution >= 4 is 5.97 Å². The summed E-state index contributed by atoms with van der Waals surface area (Å²) in [6.45, 7) is 4.45. The molecule has 3 fully saturated rings. The predicted molar refractivity (Wildman–Crippen MR) is 131 cm³/mol. The van der Waals surface area contributed by atoms with E-state index in [-0.39, 0.29) is 30.9 Å². The first kappa shape index (κ1) is 26.7. The van der Waals surface area contributed by atoms with Crippen LogP contribution >= 0.6 is 0 Å². The van der Waals surface area contributed by atoms with Crippen molar-refractivity contribution in [3.8, 4) is 5.75 Å². The van der Waals surface area contributed by atoms with E-state index in [1.807, 2.05) is 0 Å². The second-order valence-corrected chi connectivity index (χ2v) is 9.97. The molecule has 4 rings (SSSR count). The minimum absolute atomic E-state index is 0. The lowest BCUT2D eigenvalue weighted by atomic mass is 9.70. The number of rotatable bonds is 4. The SMILES string of the molecule is C.CCC1CCC(OC(=O)c2ccccc2O)CC1CC.OC1CCC2CCCCC2C1. The molecule has 3 saturated carbocycles. The van der Waals surface area contributed by atoms with Gasteiger partial charge in [-0.05, 0) is 74.3 Å². The molecule has 1 aromatic carbocycles. The number of aliphatic hydroxyl groups is 1. The average molecular weight is 447 g/mol. The number of aromatic hydroxyl groups is 1. The van der Waals surface area contributed by atoms with Gasteiger partial charge in [0.25, 0.3) is 0 Å². The molecule has 4 nitrogen and oxygen atoms in total. The summed E-state index contributed by atoms with van der Waals surface area (Å²) in [4.78, 5) is 12.1. The van der Waals surface area contributed by atoms with E-state index in [9.17, 15) is 15.0 Å². The number of hydrogen-bond acceptors (Lipinski definition) is 4. The Morgan fingerprint density at radius 2 is 1.59 bits per heavy atom. The van der Waals surface area contributed by atoms with Gasteiger partial charge in [0.2, 0.25) is 0 Å². The number of fused-ring (bicyclic) bond motifs is 1.